The molecule has 0 amide bonds. The predicted octanol–water partition coefficient (Wildman–Crippen LogP) is -0.0114. The summed E-state index contributed by atoms with van der Waals surface area (Å²) in [5, 5.41) is 38.4. The van der Waals surface area contributed by atoms with Crippen molar-refractivity contribution in [3.05, 3.63) is 24.3 Å². The first kappa shape index (κ1) is 14.1. The molecule has 2 rings (SSSR count). The number of ether oxygens (including phenoxy) is 2. The molecule has 19 heavy (non-hydrogen) atoms. The molecular weight excluding hydrogens is 252 g/mol. The summed E-state index contributed by atoms with van der Waals surface area (Å²) < 4.78 is 10.8. The van der Waals surface area contributed by atoms with Gasteiger partial charge in [-0.2, -0.15) is 0 Å². The third-order valence-electron chi connectivity index (χ3n) is 3.16. The Kier molecular flexibility index (Phi) is 4.26. The van der Waals surface area contributed by atoms with Crippen molar-refractivity contribution >= 4 is 0 Å². The van der Waals surface area contributed by atoms with Crippen LogP contribution in [0.25, 0.3) is 0 Å². The molecule has 6 heteroatoms. The maximum Gasteiger partial charge on any atom is 0.229 e. The standard InChI is InChI=1S/C13H18O6/c1-2-9-10(15)11(16)12(17)13(19-9)18-8-5-3-7(14)4-6-8/h3-6,9-17H,2H2,1H3. The van der Waals surface area contributed by atoms with Gasteiger partial charge in [0.25, 0.3) is 0 Å². The first-order chi connectivity index (χ1) is 9.02. The Morgan fingerprint density at radius 3 is 2.26 bits per heavy atom. The van der Waals surface area contributed by atoms with Gasteiger partial charge in [0.2, 0.25) is 6.29 Å². The van der Waals surface area contributed by atoms with E-state index in [4.69, 9.17) is 14.6 Å². The Labute approximate surface area is 110 Å². The first-order valence-corrected chi connectivity index (χ1v) is 6.18. The number of aromatic hydroxyl groups is 1. The zero-order valence-corrected chi connectivity index (χ0v) is 10.5. The molecule has 0 bridgehead atoms. The maximum atomic E-state index is 9.83. The van der Waals surface area contributed by atoms with Gasteiger partial charge in [0.15, 0.2) is 0 Å². The van der Waals surface area contributed by atoms with Crippen LogP contribution >= 0.6 is 0 Å². The van der Waals surface area contributed by atoms with Crippen molar-refractivity contribution in [2.75, 3.05) is 0 Å². The van der Waals surface area contributed by atoms with Crippen LogP contribution in [0.15, 0.2) is 24.3 Å². The van der Waals surface area contributed by atoms with Crippen LogP contribution in [0.2, 0.25) is 0 Å². The molecule has 0 saturated carbocycles. The number of hydrogen-bond donors (Lipinski definition) is 4. The van der Waals surface area contributed by atoms with E-state index in [9.17, 15) is 15.3 Å². The van der Waals surface area contributed by atoms with Crippen LogP contribution in [-0.4, -0.2) is 51.1 Å². The molecule has 1 fully saturated rings. The molecule has 1 saturated heterocycles. The van der Waals surface area contributed by atoms with Crippen LogP contribution in [0.3, 0.4) is 0 Å². The summed E-state index contributed by atoms with van der Waals surface area (Å²) in [5.74, 6) is 0.486. The van der Waals surface area contributed by atoms with Crippen molar-refractivity contribution < 1.29 is 29.9 Å². The fourth-order valence-electron chi connectivity index (χ4n) is 2.01. The number of aliphatic hydroxyl groups excluding tert-OH is 3. The summed E-state index contributed by atoms with van der Waals surface area (Å²) in [6.07, 6.45) is -4.97. The van der Waals surface area contributed by atoms with Crippen LogP contribution < -0.4 is 4.74 Å². The first-order valence-electron chi connectivity index (χ1n) is 6.18. The highest BCUT2D eigenvalue weighted by Gasteiger charge is 2.44. The minimum Gasteiger partial charge on any atom is -0.508 e. The topological polar surface area (TPSA) is 99.4 Å². The van der Waals surface area contributed by atoms with Gasteiger partial charge >= 0.3 is 0 Å². The van der Waals surface area contributed by atoms with Crippen LogP contribution in [0, 0.1) is 0 Å². The smallest absolute Gasteiger partial charge is 0.229 e. The van der Waals surface area contributed by atoms with E-state index < -0.39 is 30.7 Å². The van der Waals surface area contributed by atoms with Gasteiger partial charge in [-0.25, -0.2) is 0 Å². The average Bonchev–Trinajstić information content (AvgIpc) is 2.42. The Morgan fingerprint density at radius 2 is 1.68 bits per heavy atom. The second kappa shape index (κ2) is 5.75. The zero-order chi connectivity index (χ0) is 14.0. The summed E-state index contributed by atoms with van der Waals surface area (Å²) >= 11 is 0. The molecule has 1 aromatic rings. The molecule has 106 valence electrons. The fraction of sp³-hybridized carbons (Fsp3) is 0.538. The molecule has 6 nitrogen and oxygen atoms in total. The summed E-state index contributed by atoms with van der Waals surface area (Å²) in [6, 6.07) is 5.91. The lowest BCUT2D eigenvalue weighted by Crippen LogP contribution is -2.58. The molecule has 1 heterocycles. The summed E-state index contributed by atoms with van der Waals surface area (Å²) in [6.45, 7) is 1.80. The highest BCUT2D eigenvalue weighted by atomic mass is 16.7. The van der Waals surface area contributed by atoms with Crippen LogP contribution in [0.4, 0.5) is 0 Å². The Balaban J connectivity index is 2.08. The van der Waals surface area contributed by atoms with Crippen molar-refractivity contribution in [2.45, 2.75) is 44.1 Å². The second-order valence-electron chi connectivity index (χ2n) is 4.53. The monoisotopic (exact) mass is 270 g/mol. The zero-order valence-electron chi connectivity index (χ0n) is 10.5. The summed E-state index contributed by atoms with van der Waals surface area (Å²) in [4.78, 5) is 0. The average molecular weight is 270 g/mol. The normalized spacial score (nSPS) is 35.1. The van der Waals surface area contributed by atoms with E-state index in [0.717, 1.165) is 0 Å². The van der Waals surface area contributed by atoms with E-state index in [1.807, 2.05) is 0 Å². The van der Waals surface area contributed by atoms with Crippen molar-refractivity contribution in [3.8, 4) is 11.5 Å². The van der Waals surface area contributed by atoms with E-state index in [-0.39, 0.29) is 5.75 Å². The summed E-state index contributed by atoms with van der Waals surface area (Å²) in [5.41, 5.74) is 0. The highest BCUT2D eigenvalue weighted by Crippen LogP contribution is 2.26. The predicted molar refractivity (Wildman–Crippen MR) is 65.7 cm³/mol. The number of phenolic OH excluding ortho intramolecular Hbond substituents is 1. The van der Waals surface area contributed by atoms with E-state index in [1.54, 1.807) is 6.92 Å². The van der Waals surface area contributed by atoms with Gasteiger partial charge in [-0.3, -0.25) is 0 Å². The van der Waals surface area contributed by atoms with Crippen LogP contribution in [0.1, 0.15) is 13.3 Å². The molecular formula is C13H18O6. The van der Waals surface area contributed by atoms with Gasteiger partial charge in [-0.1, -0.05) is 6.92 Å². The van der Waals surface area contributed by atoms with Gasteiger partial charge in [0.05, 0.1) is 6.10 Å². The summed E-state index contributed by atoms with van der Waals surface area (Å²) in [7, 11) is 0. The quantitative estimate of drug-likeness (QED) is 0.616. The molecule has 0 spiro atoms. The minimum absolute atomic E-state index is 0.0966. The number of benzene rings is 1. The third kappa shape index (κ3) is 2.98. The molecule has 4 N–H and O–H groups in total. The fourth-order valence-corrected chi connectivity index (χ4v) is 2.01. The second-order valence-corrected chi connectivity index (χ2v) is 4.53. The van der Waals surface area contributed by atoms with Gasteiger partial charge in [-0.15, -0.1) is 0 Å². The minimum atomic E-state index is -1.34. The molecule has 0 aromatic heterocycles. The van der Waals surface area contributed by atoms with Crippen LogP contribution in [-0.2, 0) is 4.74 Å². The number of phenols is 1. The van der Waals surface area contributed by atoms with Gasteiger partial charge < -0.3 is 29.9 Å². The third-order valence-corrected chi connectivity index (χ3v) is 3.16. The molecule has 1 aliphatic heterocycles. The van der Waals surface area contributed by atoms with E-state index in [2.05, 4.69) is 0 Å². The molecule has 1 aliphatic rings. The molecule has 0 aliphatic carbocycles. The molecule has 0 radical (unpaired) electrons. The molecule has 5 atom stereocenters. The van der Waals surface area contributed by atoms with Crippen LogP contribution in [0.5, 0.6) is 11.5 Å². The lowest BCUT2D eigenvalue weighted by molar-refractivity contribution is -0.272. The van der Waals surface area contributed by atoms with E-state index in [0.29, 0.717) is 12.2 Å². The van der Waals surface area contributed by atoms with Crippen molar-refractivity contribution in [3.63, 3.8) is 0 Å². The largest absolute Gasteiger partial charge is 0.508 e. The SMILES string of the molecule is CCC1OC(Oc2ccc(O)cc2)C(O)C(O)C1O. The number of hydrogen-bond acceptors (Lipinski definition) is 6. The number of aliphatic hydroxyl groups is 3. The van der Waals surface area contributed by atoms with Gasteiger partial charge in [-0.05, 0) is 30.7 Å². The van der Waals surface area contributed by atoms with Crippen molar-refractivity contribution in [1.82, 2.24) is 0 Å². The van der Waals surface area contributed by atoms with E-state index >= 15 is 0 Å². The Morgan fingerprint density at radius 1 is 1.05 bits per heavy atom. The Hall–Kier alpha value is -1.34. The van der Waals surface area contributed by atoms with Gasteiger partial charge in [0, 0.05) is 0 Å². The highest BCUT2D eigenvalue weighted by molar-refractivity contribution is 5.30. The Bertz CT molecular complexity index is 404. The lowest BCUT2D eigenvalue weighted by atomic mass is 9.97. The van der Waals surface area contributed by atoms with E-state index in [1.165, 1.54) is 24.3 Å². The maximum absolute atomic E-state index is 9.83. The molecule has 1 aromatic carbocycles. The van der Waals surface area contributed by atoms with Gasteiger partial charge in [0.1, 0.15) is 29.8 Å². The van der Waals surface area contributed by atoms with Crippen molar-refractivity contribution in [2.24, 2.45) is 0 Å². The molecule has 5 unspecified atom stereocenters. The van der Waals surface area contributed by atoms with Crippen molar-refractivity contribution in [1.29, 1.82) is 0 Å². The number of rotatable bonds is 3. The lowest BCUT2D eigenvalue weighted by Gasteiger charge is -2.39.